The van der Waals surface area contributed by atoms with E-state index in [2.05, 4.69) is 5.32 Å². The summed E-state index contributed by atoms with van der Waals surface area (Å²) in [6.07, 6.45) is 1.15. The maximum atomic E-state index is 11.6. The number of carboxylic acids is 1. The molecule has 94 valence electrons. The number of nitrogens with zero attached hydrogens (tertiary/aromatic N) is 1. The standard InChI is InChI=1S/C11H22N2O3/c1-4-13(8-11(15)16)10(14)6-5-7-12-9(2)3/h9,12H,4-8H2,1-3H3,(H,15,16). The molecule has 0 aromatic heterocycles. The van der Waals surface area contributed by atoms with Crippen LogP contribution in [0.25, 0.3) is 0 Å². The van der Waals surface area contributed by atoms with Gasteiger partial charge in [0, 0.05) is 19.0 Å². The Kier molecular flexibility index (Phi) is 7.54. The van der Waals surface area contributed by atoms with Crippen molar-refractivity contribution in [3.05, 3.63) is 0 Å². The average molecular weight is 230 g/mol. The van der Waals surface area contributed by atoms with Gasteiger partial charge in [0.1, 0.15) is 6.54 Å². The highest BCUT2D eigenvalue weighted by molar-refractivity contribution is 5.81. The van der Waals surface area contributed by atoms with Crippen molar-refractivity contribution in [2.75, 3.05) is 19.6 Å². The van der Waals surface area contributed by atoms with E-state index in [9.17, 15) is 9.59 Å². The Hall–Kier alpha value is -1.10. The van der Waals surface area contributed by atoms with Crippen LogP contribution in [0.15, 0.2) is 0 Å². The zero-order chi connectivity index (χ0) is 12.6. The molecule has 0 aromatic rings. The number of rotatable bonds is 8. The number of amides is 1. The van der Waals surface area contributed by atoms with Crippen molar-refractivity contribution in [1.82, 2.24) is 10.2 Å². The lowest BCUT2D eigenvalue weighted by atomic mass is 10.2. The third-order valence-corrected chi connectivity index (χ3v) is 2.18. The molecule has 0 aliphatic rings. The Balaban J connectivity index is 3.80. The van der Waals surface area contributed by atoms with Crippen LogP contribution in [0, 0.1) is 0 Å². The van der Waals surface area contributed by atoms with E-state index in [-0.39, 0.29) is 12.5 Å². The molecule has 0 bridgehead atoms. The number of likely N-dealkylation sites (N-methyl/N-ethyl adjacent to an activating group) is 1. The van der Waals surface area contributed by atoms with E-state index in [0.717, 1.165) is 13.0 Å². The average Bonchev–Trinajstić information content (AvgIpc) is 2.20. The van der Waals surface area contributed by atoms with Gasteiger partial charge in [0.2, 0.25) is 5.91 Å². The second-order valence-electron chi connectivity index (χ2n) is 4.01. The van der Waals surface area contributed by atoms with E-state index in [4.69, 9.17) is 5.11 Å². The number of aliphatic carboxylic acids is 1. The second-order valence-corrected chi connectivity index (χ2v) is 4.01. The Labute approximate surface area is 96.8 Å². The molecule has 5 heteroatoms. The number of nitrogens with one attached hydrogen (secondary N) is 1. The van der Waals surface area contributed by atoms with E-state index in [1.807, 2.05) is 13.8 Å². The highest BCUT2D eigenvalue weighted by Gasteiger charge is 2.13. The molecule has 0 aromatic carbocycles. The Morgan fingerprint density at radius 3 is 2.44 bits per heavy atom. The quantitative estimate of drug-likeness (QED) is 0.602. The van der Waals surface area contributed by atoms with Gasteiger partial charge in [-0.05, 0) is 19.9 Å². The predicted octanol–water partition coefficient (Wildman–Crippen LogP) is 0.698. The van der Waals surface area contributed by atoms with Crippen molar-refractivity contribution in [3.63, 3.8) is 0 Å². The number of carbonyl (C=O) groups excluding carboxylic acids is 1. The SMILES string of the molecule is CCN(CC(=O)O)C(=O)CCCNC(C)C. The lowest BCUT2D eigenvalue weighted by molar-refractivity contribution is -0.144. The molecule has 0 saturated heterocycles. The molecule has 0 aliphatic carbocycles. The summed E-state index contributed by atoms with van der Waals surface area (Å²) in [6, 6.07) is 0.413. The molecule has 0 spiro atoms. The van der Waals surface area contributed by atoms with Gasteiger partial charge in [-0.2, -0.15) is 0 Å². The minimum Gasteiger partial charge on any atom is -0.480 e. The van der Waals surface area contributed by atoms with Crippen molar-refractivity contribution < 1.29 is 14.7 Å². The van der Waals surface area contributed by atoms with Gasteiger partial charge in [0.25, 0.3) is 0 Å². The van der Waals surface area contributed by atoms with Gasteiger partial charge < -0.3 is 15.3 Å². The molecule has 1 amide bonds. The van der Waals surface area contributed by atoms with Crippen molar-refractivity contribution in [1.29, 1.82) is 0 Å². The summed E-state index contributed by atoms with van der Waals surface area (Å²) in [5, 5.41) is 11.8. The van der Waals surface area contributed by atoms with Crippen LogP contribution in [0.1, 0.15) is 33.6 Å². The normalized spacial score (nSPS) is 10.5. The number of carbonyl (C=O) groups is 2. The van der Waals surface area contributed by atoms with Crippen molar-refractivity contribution >= 4 is 11.9 Å². The van der Waals surface area contributed by atoms with Gasteiger partial charge in [-0.1, -0.05) is 13.8 Å². The molecule has 0 rings (SSSR count). The molecule has 5 nitrogen and oxygen atoms in total. The van der Waals surface area contributed by atoms with Gasteiger partial charge in [-0.15, -0.1) is 0 Å². The predicted molar refractivity (Wildman–Crippen MR) is 62.3 cm³/mol. The van der Waals surface area contributed by atoms with Crippen molar-refractivity contribution in [3.8, 4) is 0 Å². The molecule has 0 heterocycles. The zero-order valence-electron chi connectivity index (χ0n) is 10.3. The maximum absolute atomic E-state index is 11.6. The Morgan fingerprint density at radius 2 is 2.00 bits per heavy atom. The van der Waals surface area contributed by atoms with E-state index < -0.39 is 5.97 Å². The molecule has 2 N–H and O–H groups in total. The first-order chi connectivity index (χ1) is 7.47. The first-order valence-corrected chi connectivity index (χ1v) is 5.70. The molecule has 0 atom stereocenters. The minimum atomic E-state index is -0.962. The van der Waals surface area contributed by atoms with Crippen molar-refractivity contribution in [2.24, 2.45) is 0 Å². The third kappa shape index (κ3) is 7.23. The Morgan fingerprint density at radius 1 is 1.38 bits per heavy atom. The van der Waals surface area contributed by atoms with E-state index in [1.165, 1.54) is 4.90 Å². The van der Waals surface area contributed by atoms with Gasteiger partial charge in [0.15, 0.2) is 0 Å². The minimum absolute atomic E-state index is 0.0875. The number of carboxylic acid groups (broad SMARTS) is 1. The lowest BCUT2D eigenvalue weighted by Crippen LogP contribution is -2.35. The number of hydrogen-bond acceptors (Lipinski definition) is 3. The van der Waals surface area contributed by atoms with Gasteiger partial charge in [0.05, 0.1) is 0 Å². The first-order valence-electron chi connectivity index (χ1n) is 5.70. The van der Waals surface area contributed by atoms with Gasteiger partial charge in [-0.3, -0.25) is 9.59 Å². The van der Waals surface area contributed by atoms with Crippen molar-refractivity contribution in [2.45, 2.75) is 39.7 Å². The van der Waals surface area contributed by atoms with Crippen LogP contribution in [0.4, 0.5) is 0 Å². The molecule has 0 fully saturated rings. The van der Waals surface area contributed by atoms with Crippen LogP contribution >= 0.6 is 0 Å². The summed E-state index contributed by atoms with van der Waals surface area (Å²) in [6.45, 7) is 6.91. The summed E-state index contributed by atoms with van der Waals surface area (Å²) in [5.41, 5.74) is 0. The first kappa shape index (κ1) is 14.9. The molecular weight excluding hydrogens is 208 g/mol. The topological polar surface area (TPSA) is 69.6 Å². The fourth-order valence-corrected chi connectivity index (χ4v) is 1.33. The molecule has 16 heavy (non-hydrogen) atoms. The lowest BCUT2D eigenvalue weighted by Gasteiger charge is -2.18. The van der Waals surface area contributed by atoms with Crippen LogP contribution in [0.5, 0.6) is 0 Å². The fourth-order valence-electron chi connectivity index (χ4n) is 1.33. The highest BCUT2D eigenvalue weighted by Crippen LogP contribution is 1.97. The summed E-state index contributed by atoms with van der Waals surface area (Å²) < 4.78 is 0. The summed E-state index contributed by atoms with van der Waals surface area (Å²) >= 11 is 0. The summed E-state index contributed by atoms with van der Waals surface area (Å²) in [5.74, 6) is -1.05. The fraction of sp³-hybridized carbons (Fsp3) is 0.818. The van der Waals surface area contributed by atoms with Crippen LogP contribution in [-0.2, 0) is 9.59 Å². The van der Waals surface area contributed by atoms with E-state index in [0.29, 0.717) is 19.0 Å². The zero-order valence-corrected chi connectivity index (χ0v) is 10.3. The Bertz CT molecular complexity index is 229. The highest BCUT2D eigenvalue weighted by atomic mass is 16.4. The van der Waals surface area contributed by atoms with Crippen LogP contribution in [0.2, 0.25) is 0 Å². The smallest absolute Gasteiger partial charge is 0.323 e. The largest absolute Gasteiger partial charge is 0.480 e. The van der Waals surface area contributed by atoms with E-state index >= 15 is 0 Å². The van der Waals surface area contributed by atoms with Gasteiger partial charge >= 0.3 is 5.97 Å². The van der Waals surface area contributed by atoms with E-state index in [1.54, 1.807) is 6.92 Å². The van der Waals surface area contributed by atoms with Crippen LogP contribution < -0.4 is 5.32 Å². The third-order valence-electron chi connectivity index (χ3n) is 2.18. The molecule has 0 saturated carbocycles. The molecule has 0 aliphatic heterocycles. The van der Waals surface area contributed by atoms with Gasteiger partial charge in [-0.25, -0.2) is 0 Å². The maximum Gasteiger partial charge on any atom is 0.323 e. The molecule has 0 radical (unpaired) electrons. The number of hydrogen-bond donors (Lipinski definition) is 2. The summed E-state index contributed by atoms with van der Waals surface area (Å²) in [7, 11) is 0. The molecule has 0 unspecified atom stereocenters. The molecular formula is C11H22N2O3. The van der Waals surface area contributed by atoms with Crippen LogP contribution in [-0.4, -0.2) is 47.6 Å². The second kappa shape index (κ2) is 8.10. The van der Waals surface area contributed by atoms with Crippen LogP contribution in [0.3, 0.4) is 0 Å². The monoisotopic (exact) mass is 230 g/mol. The summed E-state index contributed by atoms with van der Waals surface area (Å²) in [4.78, 5) is 23.4.